The van der Waals surface area contributed by atoms with Crippen molar-refractivity contribution in [3.63, 3.8) is 0 Å². The second kappa shape index (κ2) is 13.1. The molecule has 1 aromatic heterocycles. The van der Waals surface area contributed by atoms with Crippen molar-refractivity contribution >= 4 is 50.3 Å². The summed E-state index contributed by atoms with van der Waals surface area (Å²) in [5, 5.41) is 2.35. The van der Waals surface area contributed by atoms with Crippen LogP contribution in [0.4, 0.5) is 11.4 Å². The number of hydrogen-bond acceptors (Lipinski definition) is 3. The highest BCUT2D eigenvalue weighted by atomic mass is 16.1. The number of carbonyl (C=O) groups is 2. The minimum absolute atomic E-state index is 0.0148. The van der Waals surface area contributed by atoms with E-state index in [0.717, 1.165) is 44.8 Å². The minimum Gasteiger partial charge on any atom is -0.317 e. The number of rotatable bonds is 2. The molecular formula is C54H56N2O2. The first-order chi connectivity index (χ1) is 27.0. The van der Waals surface area contributed by atoms with Gasteiger partial charge in [0.05, 0.1) is 16.7 Å². The average Bonchev–Trinajstić information content (AvgIpc) is 3.47. The lowest BCUT2D eigenvalue weighted by Gasteiger charge is -2.31. The maximum Gasteiger partial charge on any atom is 0.194 e. The summed E-state index contributed by atoms with van der Waals surface area (Å²) in [7, 11) is 0. The van der Waals surface area contributed by atoms with Crippen molar-refractivity contribution in [2.45, 2.75) is 99.3 Å². The van der Waals surface area contributed by atoms with Gasteiger partial charge in [0, 0.05) is 56.2 Å². The molecule has 0 amide bonds. The minimum atomic E-state index is -0.149. The molecule has 294 valence electrons. The number of aromatic nitrogens is 1. The maximum absolute atomic E-state index is 14.5. The predicted octanol–water partition coefficient (Wildman–Crippen LogP) is 14.1. The maximum atomic E-state index is 14.5. The van der Waals surface area contributed by atoms with Crippen LogP contribution >= 0.6 is 0 Å². The molecule has 0 saturated carbocycles. The van der Waals surface area contributed by atoms with Crippen molar-refractivity contribution in [3.8, 4) is 5.69 Å². The van der Waals surface area contributed by atoms with Crippen LogP contribution in [0, 0.1) is 5.41 Å². The van der Waals surface area contributed by atoms with Gasteiger partial charge in [-0.25, -0.2) is 0 Å². The fourth-order valence-electron chi connectivity index (χ4n) is 8.36. The zero-order valence-corrected chi connectivity index (χ0v) is 36.3. The summed E-state index contributed by atoms with van der Waals surface area (Å²) in [5.41, 5.74) is 13.1. The summed E-state index contributed by atoms with van der Waals surface area (Å²) in [5.74, 6) is -0.294. The molecule has 0 N–H and O–H groups in total. The average molecular weight is 765 g/mol. The van der Waals surface area contributed by atoms with Crippen LogP contribution in [0.1, 0.15) is 137 Å². The number of carbonyl (C=O) groups excluding carboxylic acids is 2. The van der Waals surface area contributed by atoms with Crippen LogP contribution < -0.4 is 4.90 Å². The zero-order valence-electron chi connectivity index (χ0n) is 36.3. The summed E-state index contributed by atoms with van der Waals surface area (Å²) in [6.07, 6.45) is 6.40. The van der Waals surface area contributed by atoms with E-state index in [1.807, 2.05) is 36.4 Å². The number of nitrogens with zero attached hydrogens (tertiary/aromatic N) is 2. The molecule has 0 fully saturated rings. The molecule has 1 aliphatic heterocycles. The third-order valence-corrected chi connectivity index (χ3v) is 12.1. The van der Waals surface area contributed by atoms with Crippen molar-refractivity contribution in [2.75, 3.05) is 4.90 Å². The van der Waals surface area contributed by atoms with Crippen LogP contribution in [0.15, 0.2) is 121 Å². The first-order valence-electron chi connectivity index (χ1n) is 20.5. The van der Waals surface area contributed by atoms with Crippen LogP contribution in [0.2, 0.25) is 0 Å². The quantitative estimate of drug-likeness (QED) is 0.176. The number of hydrogen-bond donors (Lipinski definition) is 0. The van der Waals surface area contributed by atoms with E-state index in [1.165, 1.54) is 27.5 Å². The van der Waals surface area contributed by atoms with Gasteiger partial charge in [0.2, 0.25) is 0 Å². The molecule has 0 saturated heterocycles. The molecule has 2 aliphatic rings. The van der Waals surface area contributed by atoms with Gasteiger partial charge in [0.15, 0.2) is 11.6 Å². The first kappa shape index (κ1) is 39.1. The third kappa shape index (κ3) is 6.57. The fraction of sp³-hybridized carbons (Fsp3) is 0.296. The molecule has 0 unspecified atom stereocenters. The van der Waals surface area contributed by atoms with Gasteiger partial charge >= 0.3 is 0 Å². The Morgan fingerprint density at radius 2 is 0.931 bits per heavy atom. The van der Waals surface area contributed by atoms with E-state index in [1.54, 1.807) is 0 Å². The van der Waals surface area contributed by atoms with E-state index in [9.17, 15) is 9.59 Å². The predicted molar refractivity (Wildman–Crippen MR) is 244 cm³/mol. The van der Waals surface area contributed by atoms with E-state index in [-0.39, 0.29) is 33.2 Å². The van der Waals surface area contributed by atoms with Crippen LogP contribution in [-0.2, 0) is 16.2 Å². The lowest BCUT2D eigenvalue weighted by Crippen LogP contribution is -2.22. The van der Waals surface area contributed by atoms with Gasteiger partial charge in [-0.05, 0) is 128 Å². The van der Waals surface area contributed by atoms with Gasteiger partial charge in [-0.3, -0.25) is 9.59 Å². The second-order valence-electron chi connectivity index (χ2n) is 20.5. The normalized spacial score (nSPS) is 16.4. The zero-order chi connectivity index (χ0) is 41.9. The summed E-state index contributed by atoms with van der Waals surface area (Å²) in [4.78, 5) is 31.2. The number of benzene rings is 5. The van der Waals surface area contributed by atoms with Crippen LogP contribution in [0.3, 0.4) is 0 Å². The first-order valence-corrected chi connectivity index (χ1v) is 20.5. The molecule has 5 aromatic carbocycles. The van der Waals surface area contributed by atoms with Gasteiger partial charge in [-0.2, -0.15) is 0 Å². The van der Waals surface area contributed by atoms with Crippen molar-refractivity contribution in [1.82, 2.24) is 4.57 Å². The Balaban J connectivity index is 1.24. The number of allylic oxidation sites excluding steroid dienone is 4. The number of fused-ring (bicyclic) bond motifs is 6. The fourth-order valence-corrected chi connectivity index (χ4v) is 8.36. The molecule has 0 radical (unpaired) electrons. The number of anilines is 2. The highest BCUT2D eigenvalue weighted by molar-refractivity contribution is 6.29. The van der Waals surface area contributed by atoms with Gasteiger partial charge < -0.3 is 9.47 Å². The molecule has 2 heterocycles. The van der Waals surface area contributed by atoms with Crippen LogP contribution in [0.25, 0.3) is 33.1 Å². The lowest BCUT2D eigenvalue weighted by molar-refractivity contribution is 0.0979. The van der Waals surface area contributed by atoms with Crippen molar-refractivity contribution < 1.29 is 9.59 Å². The van der Waals surface area contributed by atoms with E-state index < -0.39 is 0 Å². The molecule has 4 nitrogen and oxygen atoms in total. The van der Waals surface area contributed by atoms with E-state index in [0.29, 0.717) is 22.3 Å². The molecule has 6 aromatic rings. The standard InChI is InChI=1S/C54H56N2O2/c1-32-26-36(54(11,12)13)24-25-55(46-21-14-33(27-41(32)46)51(2,3)4)37-17-19-39-44(30-37)49(57)40-20-18-38(31-45(40)50(39)58)56-47-22-15-34(52(5,6)7)28-42(47)43-29-35(53(8,9)10)16-23-48(43)56/h14-31H,1H2,2-13H3/b25-24-,36-26+. The van der Waals surface area contributed by atoms with E-state index in [2.05, 4.69) is 172 Å². The molecule has 58 heavy (non-hydrogen) atoms. The Hall–Kier alpha value is -5.74. The van der Waals surface area contributed by atoms with E-state index in [4.69, 9.17) is 0 Å². The van der Waals surface area contributed by atoms with E-state index >= 15 is 0 Å². The Bertz CT molecular complexity index is 2740. The third-order valence-electron chi connectivity index (χ3n) is 12.1. The highest BCUT2D eigenvalue weighted by Gasteiger charge is 2.32. The number of ketones is 2. The molecule has 8 rings (SSSR count). The summed E-state index contributed by atoms with van der Waals surface area (Å²) in [6, 6.07) is 31.4. The van der Waals surface area contributed by atoms with Crippen molar-refractivity contribution in [1.29, 1.82) is 0 Å². The van der Waals surface area contributed by atoms with Gasteiger partial charge in [0.25, 0.3) is 0 Å². The van der Waals surface area contributed by atoms with Gasteiger partial charge in [-0.15, -0.1) is 0 Å². The molecular weight excluding hydrogens is 709 g/mol. The van der Waals surface area contributed by atoms with Gasteiger partial charge in [0.1, 0.15) is 0 Å². The Labute approximate surface area is 344 Å². The molecule has 0 atom stereocenters. The Morgan fingerprint density at radius 3 is 1.43 bits per heavy atom. The largest absolute Gasteiger partial charge is 0.317 e. The highest BCUT2D eigenvalue weighted by Crippen LogP contribution is 2.43. The van der Waals surface area contributed by atoms with Gasteiger partial charge in [-0.1, -0.05) is 114 Å². The molecule has 1 aliphatic carbocycles. The van der Waals surface area contributed by atoms with Crippen LogP contribution in [0.5, 0.6) is 0 Å². The smallest absolute Gasteiger partial charge is 0.194 e. The summed E-state index contributed by atoms with van der Waals surface area (Å²) >= 11 is 0. The SMILES string of the molecule is C=C1/C=C(C(C)(C)C)\C=C/N(c2ccc3c(c2)C(=O)c2ccc(-n4c5ccc(C(C)(C)C)cc5c5cc(C(C)(C)C)ccc54)cc2C3=O)c2ccc(C(C)(C)C)cc21. The topological polar surface area (TPSA) is 42.3 Å². The summed E-state index contributed by atoms with van der Waals surface area (Å²) in [6.45, 7) is 31.2. The molecule has 0 spiro atoms. The monoisotopic (exact) mass is 764 g/mol. The Kier molecular flexibility index (Phi) is 8.86. The van der Waals surface area contributed by atoms with Crippen molar-refractivity contribution in [2.24, 2.45) is 5.41 Å². The summed E-state index contributed by atoms with van der Waals surface area (Å²) < 4.78 is 2.24. The van der Waals surface area contributed by atoms with Crippen molar-refractivity contribution in [3.05, 3.63) is 166 Å². The van der Waals surface area contributed by atoms with Crippen LogP contribution in [-0.4, -0.2) is 16.1 Å². The lowest BCUT2D eigenvalue weighted by atomic mass is 9.81. The second-order valence-corrected chi connectivity index (χ2v) is 20.5. The molecule has 0 bridgehead atoms. The molecule has 4 heteroatoms. The Morgan fingerprint density at radius 1 is 0.466 bits per heavy atom.